The molecular formula is C28H26ClN5O. The Morgan fingerprint density at radius 2 is 1.91 bits per heavy atom. The lowest BCUT2D eigenvalue weighted by atomic mass is 9.88. The fourth-order valence-corrected chi connectivity index (χ4v) is 5.42. The number of aromatic nitrogens is 3. The molecule has 1 saturated heterocycles. The van der Waals surface area contributed by atoms with Crippen molar-refractivity contribution >= 4 is 28.2 Å². The Hall–Kier alpha value is -3.69. The van der Waals surface area contributed by atoms with Gasteiger partial charge in [-0.25, -0.2) is 4.98 Å². The van der Waals surface area contributed by atoms with Crippen LogP contribution in [-0.4, -0.2) is 27.6 Å². The van der Waals surface area contributed by atoms with E-state index in [0.717, 1.165) is 54.6 Å². The molecule has 0 bridgehead atoms. The van der Waals surface area contributed by atoms with Gasteiger partial charge in [0.15, 0.2) is 0 Å². The second kappa shape index (κ2) is 9.52. The van der Waals surface area contributed by atoms with Crippen LogP contribution in [0, 0.1) is 31.1 Å². The number of piperidine rings is 1. The van der Waals surface area contributed by atoms with Crippen molar-refractivity contribution in [2.24, 2.45) is 5.92 Å². The Kier molecular flexibility index (Phi) is 6.27. The maximum absolute atomic E-state index is 12.5. The summed E-state index contributed by atoms with van der Waals surface area (Å²) in [7, 11) is 0. The monoisotopic (exact) mass is 483 g/mol. The second-order valence-electron chi connectivity index (χ2n) is 9.17. The lowest BCUT2D eigenvalue weighted by Gasteiger charge is -2.34. The van der Waals surface area contributed by atoms with Crippen LogP contribution in [0.15, 0.2) is 59.5 Å². The Labute approximate surface area is 209 Å². The molecular weight excluding hydrogens is 458 g/mol. The van der Waals surface area contributed by atoms with Crippen LogP contribution >= 0.6 is 11.6 Å². The van der Waals surface area contributed by atoms with E-state index in [9.17, 15) is 10.1 Å². The molecule has 1 aliphatic rings. The van der Waals surface area contributed by atoms with E-state index in [1.165, 1.54) is 11.6 Å². The van der Waals surface area contributed by atoms with Crippen LogP contribution in [0.5, 0.6) is 0 Å². The van der Waals surface area contributed by atoms with Gasteiger partial charge in [-0.15, -0.1) is 0 Å². The summed E-state index contributed by atoms with van der Waals surface area (Å²) in [4.78, 5) is 23.8. The van der Waals surface area contributed by atoms with Crippen LogP contribution in [0.2, 0.25) is 5.02 Å². The summed E-state index contributed by atoms with van der Waals surface area (Å²) in [6.07, 6.45) is 4.84. The van der Waals surface area contributed by atoms with Gasteiger partial charge in [0.1, 0.15) is 5.82 Å². The number of anilines is 1. The van der Waals surface area contributed by atoms with E-state index in [0.29, 0.717) is 28.0 Å². The quantitative estimate of drug-likeness (QED) is 0.389. The van der Waals surface area contributed by atoms with Crippen molar-refractivity contribution in [1.82, 2.24) is 14.5 Å². The highest BCUT2D eigenvalue weighted by atomic mass is 35.5. The number of rotatable bonds is 4. The fourth-order valence-electron chi connectivity index (χ4n) is 5.13. The molecule has 2 aromatic carbocycles. The molecule has 0 unspecified atom stereocenters. The molecule has 35 heavy (non-hydrogen) atoms. The first-order valence-corrected chi connectivity index (χ1v) is 12.2. The Morgan fingerprint density at radius 3 is 2.63 bits per heavy atom. The molecule has 0 spiro atoms. The molecule has 0 radical (unpaired) electrons. The van der Waals surface area contributed by atoms with Gasteiger partial charge in [-0.05, 0) is 81.0 Å². The van der Waals surface area contributed by atoms with Crippen molar-refractivity contribution in [2.45, 2.75) is 33.1 Å². The van der Waals surface area contributed by atoms with Crippen LogP contribution in [0.4, 0.5) is 5.69 Å². The molecule has 176 valence electrons. The van der Waals surface area contributed by atoms with Crippen LogP contribution in [0.3, 0.4) is 0 Å². The van der Waals surface area contributed by atoms with Crippen LogP contribution < -0.4 is 10.5 Å². The van der Waals surface area contributed by atoms with Crippen molar-refractivity contribution in [3.8, 4) is 11.8 Å². The van der Waals surface area contributed by atoms with Crippen molar-refractivity contribution in [3.05, 3.63) is 92.7 Å². The van der Waals surface area contributed by atoms with Crippen LogP contribution in [-0.2, 0) is 6.42 Å². The molecule has 1 fully saturated rings. The van der Waals surface area contributed by atoms with E-state index in [1.807, 2.05) is 50.2 Å². The van der Waals surface area contributed by atoms with E-state index in [1.54, 1.807) is 10.8 Å². The molecule has 6 nitrogen and oxygen atoms in total. The topological polar surface area (TPSA) is 74.8 Å². The first-order chi connectivity index (χ1) is 16.9. The van der Waals surface area contributed by atoms with Gasteiger partial charge in [-0.2, -0.15) is 5.26 Å². The Bertz CT molecular complexity index is 1510. The normalized spacial score (nSPS) is 14.3. The van der Waals surface area contributed by atoms with Gasteiger partial charge < -0.3 is 4.90 Å². The summed E-state index contributed by atoms with van der Waals surface area (Å²) in [5.41, 5.74) is 5.12. The van der Waals surface area contributed by atoms with Crippen LogP contribution in [0.1, 0.15) is 35.5 Å². The average Bonchev–Trinajstić information content (AvgIpc) is 2.84. The van der Waals surface area contributed by atoms with E-state index < -0.39 is 0 Å². The first kappa shape index (κ1) is 23.1. The van der Waals surface area contributed by atoms with Gasteiger partial charge in [0.05, 0.1) is 33.5 Å². The maximum Gasteiger partial charge on any atom is 0.258 e. The third-order valence-corrected chi connectivity index (χ3v) is 7.14. The number of halogens is 1. The van der Waals surface area contributed by atoms with Crippen molar-refractivity contribution in [3.63, 3.8) is 0 Å². The summed E-state index contributed by atoms with van der Waals surface area (Å²) >= 11 is 6.70. The van der Waals surface area contributed by atoms with Gasteiger partial charge in [0.25, 0.3) is 5.56 Å². The number of hydrogen-bond donors (Lipinski definition) is 0. The highest BCUT2D eigenvalue weighted by Crippen LogP contribution is 2.33. The molecule has 3 heterocycles. The van der Waals surface area contributed by atoms with Gasteiger partial charge in [-0.1, -0.05) is 17.7 Å². The lowest BCUT2D eigenvalue weighted by Crippen LogP contribution is -2.34. The molecule has 0 saturated carbocycles. The molecule has 0 N–H and O–H groups in total. The van der Waals surface area contributed by atoms with Crippen molar-refractivity contribution < 1.29 is 0 Å². The van der Waals surface area contributed by atoms with Crippen molar-refractivity contribution in [1.29, 1.82) is 5.26 Å². The number of hydrogen-bond acceptors (Lipinski definition) is 5. The zero-order valence-corrected chi connectivity index (χ0v) is 20.6. The molecule has 0 amide bonds. The Balaban J connectivity index is 1.31. The van der Waals surface area contributed by atoms with E-state index >= 15 is 0 Å². The van der Waals surface area contributed by atoms with E-state index in [-0.39, 0.29) is 5.56 Å². The molecule has 2 aromatic heterocycles. The summed E-state index contributed by atoms with van der Waals surface area (Å²) in [5.74, 6) is 1.19. The highest BCUT2D eigenvalue weighted by Gasteiger charge is 2.22. The summed E-state index contributed by atoms with van der Waals surface area (Å²) in [6, 6.07) is 17.4. The van der Waals surface area contributed by atoms with E-state index in [4.69, 9.17) is 11.6 Å². The summed E-state index contributed by atoms with van der Waals surface area (Å²) in [5, 5.41) is 11.0. The molecule has 4 aromatic rings. The molecule has 5 rings (SSSR count). The first-order valence-electron chi connectivity index (χ1n) is 11.8. The summed E-state index contributed by atoms with van der Waals surface area (Å²) in [6.45, 7) is 5.47. The minimum absolute atomic E-state index is 0.107. The number of aryl methyl sites for hydroxylation is 2. The van der Waals surface area contributed by atoms with Crippen LogP contribution in [0.25, 0.3) is 16.6 Å². The smallest absolute Gasteiger partial charge is 0.258 e. The number of nitrogens with zero attached hydrogens (tertiary/aromatic N) is 5. The van der Waals surface area contributed by atoms with E-state index in [2.05, 4.69) is 27.0 Å². The minimum atomic E-state index is -0.107. The predicted molar refractivity (Wildman–Crippen MR) is 139 cm³/mol. The molecule has 0 atom stereocenters. The number of nitriles is 1. The highest BCUT2D eigenvalue weighted by molar-refractivity contribution is 6.33. The van der Waals surface area contributed by atoms with Gasteiger partial charge >= 0.3 is 0 Å². The van der Waals surface area contributed by atoms with Gasteiger partial charge in [0, 0.05) is 36.4 Å². The maximum atomic E-state index is 12.5. The molecule has 7 heteroatoms. The SMILES string of the molecule is Cc1cc(=O)n(-c2ccc(N3CCC(Cc4ccc(C#N)c5cccnc45)CC3)c(Cl)c2)c(C)n1. The molecule has 1 aliphatic heterocycles. The minimum Gasteiger partial charge on any atom is -0.370 e. The number of fused-ring (bicyclic) bond motifs is 1. The predicted octanol–water partition coefficient (Wildman–Crippen LogP) is 5.38. The lowest BCUT2D eigenvalue weighted by molar-refractivity contribution is 0.404. The van der Waals surface area contributed by atoms with Crippen molar-refractivity contribution in [2.75, 3.05) is 18.0 Å². The zero-order chi connectivity index (χ0) is 24.5. The standard InChI is InChI=1S/C28H26ClN5O/c1-18-14-27(35)34(19(2)32-18)23-7-8-26(25(29)16-23)33-12-9-20(10-13-33)15-21-5-6-22(17-30)24-4-3-11-31-28(21)24/h3-8,11,14,16,20H,9-10,12-13,15H2,1-2H3. The second-order valence-corrected chi connectivity index (χ2v) is 9.58. The number of benzene rings is 2. The van der Waals surface area contributed by atoms with Gasteiger partial charge in [0.2, 0.25) is 0 Å². The third kappa shape index (κ3) is 4.52. The average molecular weight is 484 g/mol. The summed E-state index contributed by atoms with van der Waals surface area (Å²) < 4.78 is 1.59. The third-order valence-electron chi connectivity index (χ3n) is 6.84. The van der Waals surface area contributed by atoms with Gasteiger partial charge in [-0.3, -0.25) is 14.3 Å². The zero-order valence-electron chi connectivity index (χ0n) is 19.8. The molecule has 0 aliphatic carbocycles. The fraction of sp³-hybridized carbons (Fsp3) is 0.286. The number of pyridine rings is 1. The Morgan fingerprint density at radius 1 is 1.11 bits per heavy atom. The largest absolute Gasteiger partial charge is 0.370 e.